The standard InChI is InChI=1S/C15H25N3O3/c1-2-6-13(14(19)20)16-15(21)18-10-7-12(11-18)17-8-4-3-5-9-17/h2,12-13H,1,3-11H2,(H,16,21)(H,19,20). The number of carboxylic acid groups (broad SMARTS) is 1. The summed E-state index contributed by atoms with van der Waals surface area (Å²) in [6.07, 6.45) is 6.51. The molecule has 0 aliphatic carbocycles. The second-order valence-electron chi connectivity index (χ2n) is 5.85. The highest BCUT2D eigenvalue weighted by molar-refractivity contribution is 5.82. The van der Waals surface area contributed by atoms with Gasteiger partial charge in [-0.05, 0) is 38.8 Å². The molecule has 6 nitrogen and oxygen atoms in total. The molecule has 2 heterocycles. The zero-order valence-electron chi connectivity index (χ0n) is 12.5. The van der Waals surface area contributed by atoms with Gasteiger partial charge in [-0.1, -0.05) is 12.5 Å². The van der Waals surface area contributed by atoms with Crippen molar-refractivity contribution in [3.63, 3.8) is 0 Å². The number of hydrogen-bond acceptors (Lipinski definition) is 3. The van der Waals surface area contributed by atoms with Crippen molar-refractivity contribution >= 4 is 12.0 Å². The van der Waals surface area contributed by atoms with Crippen molar-refractivity contribution < 1.29 is 14.7 Å². The lowest BCUT2D eigenvalue weighted by Gasteiger charge is -2.32. The summed E-state index contributed by atoms with van der Waals surface area (Å²) < 4.78 is 0. The Morgan fingerprint density at radius 1 is 1.29 bits per heavy atom. The Labute approximate surface area is 125 Å². The largest absolute Gasteiger partial charge is 0.480 e. The van der Waals surface area contributed by atoms with Gasteiger partial charge in [0.15, 0.2) is 0 Å². The number of carbonyl (C=O) groups is 2. The van der Waals surface area contributed by atoms with Crippen LogP contribution in [0.5, 0.6) is 0 Å². The molecule has 2 saturated heterocycles. The van der Waals surface area contributed by atoms with Gasteiger partial charge in [0, 0.05) is 19.1 Å². The first-order valence-electron chi connectivity index (χ1n) is 7.75. The minimum atomic E-state index is -1.02. The molecule has 0 radical (unpaired) electrons. The smallest absolute Gasteiger partial charge is 0.326 e. The molecular weight excluding hydrogens is 270 g/mol. The molecule has 2 unspecified atom stereocenters. The fourth-order valence-electron chi connectivity index (χ4n) is 3.14. The van der Waals surface area contributed by atoms with Crippen LogP contribution in [0.25, 0.3) is 0 Å². The topological polar surface area (TPSA) is 72.9 Å². The first kappa shape index (κ1) is 15.8. The van der Waals surface area contributed by atoms with Crippen LogP contribution in [0.3, 0.4) is 0 Å². The van der Waals surface area contributed by atoms with Gasteiger partial charge in [-0.3, -0.25) is 4.90 Å². The lowest BCUT2D eigenvalue weighted by Crippen LogP contribution is -2.48. The first-order chi connectivity index (χ1) is 10.1. The van der Waals surface area contributed by atoms with E-state index in [0.29, 0.717) is 19.1 Å². The third-order valence-electron chi connectivity index (χ3n) is 4.36. The van der Waals surface area contributed by atoms with Gasteiger partial charge >= 0.3 is 12.0 Å². The Morgan fingerprint density at radius 2 is 2.00 bits per heavy atom. The summed E-state index contributed by atoms with van der Waals surface area (Å²) in [7, 11) is 0. The summed E-state index contributed by atoms with van der Waals surface area (Å²) in [6.45, 7) is 7.17. The summed E-state index contributed by atoms with van der Waals surface area (Å²) in [5.41, 5.74) is 0. The van der Waals surface area contributed by atoms with Crippen molar-refractivity contribution in [3.8, 4) is 0 Å². The van der Waals surface area contributed by atoms with Gasteiger partial charge in [0.2, 0.25) is 0 Å². The van der Waals surface area contributed by atoms with Gasteiger partial charge in [-0.2, -0.15) is 0 Å². The molecule has 2 N–H and O–H groups in total. The van der Waals surface area contributed by atoms with E-state index in [9.17, 15) is 9.59 Å². The molecule has 2 fully saturated rings. The van der Waals surface area contributed by atoms with E-state index in [-0.39, 0.29) is 12.5 Å². The van der Waals surface area contributed by atoms with Gasteiger partial charge in [-0.15, -0.1) is 6.58 Å². The molecule has 0 aromatic rings. The van der Waals surface area contributed by atoms with Crippen molar-refractivity contribution in [2.45, 2.75) is 44.2 Å². The van der Waals surface area contributed by atoms with Crippen LogP contribution in [0.1, 0.15) is 32.1 Å². The van der Waals surface area contributed by atoms with E-state index in [1.165, 1.54) is 25.3 Å². The molecule has 0 spiro atoms. The molecule has 2 amide bonds. The number of piperidine rings is 1. The number of urea groups is 1. The van der Waals surface area contributed by atoms with Gasteiger partial charge in [0.25, 0.3) is 0 Å². The van der Waals surface area contributed by atoms with E-state index in [1.54, 1.807) is 4.90 Å². The number of rotatable bonds is 5. The molecule has 0 bridgehead atoms. The zero-order valence-corrected chi connectivity index (χ0v) is 12.5. The molecule has 118 valence electrons. The van der Waals surface area contributed by atoms with Crippen LogP contribution in [0.15, 0.2) is 12.7 Å². The van der Waals surface area contributed by atoms with Gasteiger partial charge in [0.05, 0.1) is 0 Å². The number of nitrogens with one attached hydrogen (secondary N) is 1. The highest BCUT2D eigenvalue weighted by Crippen LogP contribution is 2.20. The predicted molar refractivity (Wildman–Crippen MR) is 80.2 cm³/mol. The Balaban J connectivity index is 1.83. The van der Waals surface area contributed by atoms with Crippen molar-refractivity contribution in [2.75, 3.05) is 26.2 Å². The zero-order chi connectivity index (χ0) is 15.2. The summed E-state index contributed by atoms with van der Waals surface area (Å²) in [4.78, 5) is 27.4. The molecular formula is C15H25N3O3. The number of hydrogen-bond donors (Lipinski definition) is 2. The van der Waals surface area contributed by atoms with Crippen LogP contribution in [-0.4, -0.2) is 65.2 Å². The fraction of sp³-hybridized carbons (Fsp3) is 0.733. The molecule has 2 rings (SSSR count). The van der Waals surface area contributed by atoms with Crippen LogP contribution >= 0.6 is 0 Å². The number of carboxylic acids is 1. The summed E-state index contributed by atoms with van der Waals surface area (Å²) in [5, 5.41) is 11.6. The Bertz CT molecular complexity index is 394. The van der Waals surface area contributed by atoms with Crippen molar-refractivity contribution in [2.24, 2.45) is 0 Å². The molecule has 2 atom stereocenters. The van der Waals surface area contributed by atoms with Gasteiger partial charge in [0.1, 0.15) is 6.04 Å². The lowest BCUT2D eigenvalue weighted by atomic mass is 10.1. The summed E-state index contributed by atoms with van der Waals surface area (Å²) in [6, 6.07) is -0.730. The SMILES string of the molecule is C=CCC(NC(=O)N1CCC(N2CCCCC2)C1)C(=O)O. The fourth-order valence-corrected chi connectivity index (χ4v) is 3.14. The molecule has 2 aliphatic rings. The van der Waals surface area contributed by atoms with E-state index in [2.05, 4.69) is 16.8 Å². The average molecular weight is 295 g/mol. The third kappa shape index (κ3) is 4.20. The molecule has 6 heteroatoms. The number of nitrogens with zero attached hydrogens (tertiary/aromatic N) is 2. The van der Waals surface area contributed by atoms with E-state index in [1.807, 2.05) is 0 Å². The molecule has 0 aromatic carbocycles. The van der Waals surface area contributed by atoms with Crippen LogP contribution in [-0.2, 0) is 4.79 Å². The third-order valence-corrected chi connectivity index (χ3v) is 4.36. The van der Waals surface area contributed by atoms with E-state index in [4.69, 9.17) is 5.11 Å². The first-order valence-corrected chi connectivity index (χ1v) is 7.75. The molecule has 2 aliphatic heterocycles. The Morgan fingerprint density at radius 3 is 2.62 bits per heavy atom. The summed E-state index contributed by atoms with van der Waals surface area (Å²) in [5.74, 6) is -1.02. The Hall–Kier alpha value is -1.56. The highest BCUT2D eigenvalue weighted by atomic mass is 16.4. The van der Waals surface area contributed by atoms with Gasteiger partial charge in [-0.25, -0.2) is 9.59 Å². The molecule has 21 heavy (non-hydrogen) atoms. The van der Waals surface area contributed by atoms with Crippen LogP contribution in [0.2, 0.25) is 0 Å². The van der Waals surface area contributed by atoms with Crippen molar-refractivity contribution in [1.29, 1.82) is 0 Å². The highest BCUT2D eigenvalue weighted by Gasteiger charge is 2.32. The van der Waals surface area contributed by atoms with Crippen molar-refractivity contribution in [1.82, 2.24) is 15.1 Å². The average Bonchev–Trinajstić information content (AvgIpc) is 2.97. The quantitative estimate of drug-likeness (QED) is 0.750. The maximum atomic E-state index is 12.2. The van der Waals surface area contributed by atoms with Gasteiger partial charge < -0.3 is 15.3 Å². The monoisotopic (exact) mass is 295 g/mol. The van der Waals surface area contributed by atoms with E-state index in [0.717, 1.165) is 19.5 Å². The van der Waals surface area contributed by atoms with Crippen molar-refractivity contribution in [3.05, 3.63) is 12.7 Å². The summed E-state index contributed by atoms with van der Waals surface area (Å²) >= 11 is 0. The lowest BCUT2D eigenvalue weighted by molar-refractivity contribution is -0.139. The van der Waals surface area contributed by atoms with Crippen LogP contribution in [0.4, 0.5) is 4.79 Å². The minimum Gasteiger partial charge on any atom is -0.480 e. The van der Waals surface area contributed by atoms with E-state index >= 15 is 0 Å². The number of aliphatic carboxylic acids is 1. The van der Waals surface area contributed by atoms with Crippen LogP contribution in [0, 0.1) is 0 Å². The number of amides is 2. The normalized spacial score (nSPS) is 24.6. The maximum absolute atomic E-state index is 12.2. The minimum absolute atomic E-state index is 0.241. The molecule has 0 saturated carbocycles. The van der Waals surface area contributed by atoms with Crippen LogP contribution < -0.4 is 5.32 Å². The van der Waals surface area contributed by atoms with E-state index < -0.39 is 12.0 Å². The maximum Gasteiger partial charge on any atom is 0.326 e. The molecule has 0 aromatic heterocycles. The number of likely N-dealkylation sites (tertiary alicyclic amines) is 2. The second-order valence-corrected chi connectivity index (χ2v) is 5.85. The second kappa shape index (κ2) is 7.45. The Kier molecular flexibility index (Phi) is 5.61. The number of carbonyl (C=O) groups excluding carboxylic acids is 1. The predicted octanol–water partition coefficient (Wildman–Crippen LogP) is 1.29.